The number of hydrogen-bond acceptors (Lipinski definition) is 4. The average molecular weight is 355 g/mol. The van der Waals surface area contributed by atoms with Gasteiger partial charge in [0, 0.05) is 11.8 Å². The summed E-state index contributed by atoms with van der Waals surface area (Å²) in [5.41, 5.74) is 11.3. The van der Waals surface area contributed by atoms with Gasteiger partial charge in [-0.15, -0.1) is 0 Å². The fraction of sp³-hybridized carbons (Fsp3) is 0.500. The molecule has 0 fully saturated rings. The summed E-state index contributed by atoms with van der Waals surface area (Å²) in [4.78, 5) is 15.6. The highest BCUT2D eigenvalue weighted by Crippen LogP contribution is 2.30. The molecule has 0 saturated heterocycles. The molecule has 7 nitrogen and oxygen atoms in total. The number of ether oxygens (including phenoxy) is 1. The van der Waals surface area contributed by atoms with Gasteiger partial charge in [-0.1, -0.05) is 20.8 Å². The molecule has 1 aromatic rings. The zero-order valence-corrected chi connectivity index (χ0v) is 15.3. The molecule has 0 spiro atoms. The van der Waals surface area contributed by atoms with Crippen LogP contribution >= 0.6 is 0 Å². The molecular weight excluding hydrogens is 330 g/mol. The maximum Gasteiger partial charge on any atom is 0.280 e. The standard InChI is InChI=1S/C16H25N3O4S/c1-5-10-8-13(23-11(6-2)7-3)14(24(4,21)22)9-12(10)15(20)19-16(17)18/h8-9,11H,5-7H2,1-4H3,(H4,17,18,19,20). The smallest absolute Gasteiger partial charge is 0.280 e. The Morgan fingerprint density at radius 2 is 1.79 bits per heavy atom. The molecule has 1 amide bonds. The summed E-state index contributed by atoms with van der Waals surface area (Å²) in [5, 5.41) is 0. The van der Waals surface area contributed by atoms with Crippen LogP contribution in [-0.2, 0) is 16.3 Å². The van der Waals surface area contributed by atoms with Gasteiger partial charge < -0.3 is 16.2 Å². The van der Waals surface area contributed by atoms with E-state index in [9.17, 15) is 13.2 Å². The third-order valence-corrected chi connectivity index (χ3v) is 4.73. The van der Waals surface area contributed by atoms with Gasteiger partial charge >= 0.3 is 0 Å². The van der Waals surface area contributed by atoms with Gasteiger partial charge in [0.15, 0.2) is 15.8 Å². The summed E-state index contributed by atoms with van der Waals surface area (Å²) in [7, 11) is -3.59. The number of nitrogens with two attached hydrogens (primary N) is 2. The predicted octanol–water partition coefficient (Wildman–Crippen LogP) is 1.63. The summed E-state index contributed by atoms with van der Waals surface area (Å²) in [6, 6.07) is 2.88. The molecular formula is C16H25N3O4S. The van der Waals surface area contributed by atoms with Crippen molar-refractivity contribution in [1.82, 2.24) is 0 Å². The highest BCUT2D eigenvalue weighted by atomic mass is 32.2. The second kappa shape index (κ2) is 8.14. The van der Waals surface area contributed by atoms with Gasteiger partial charge in [-0.05, 0) is 37.0 Å². The molecule has 4 N–H and O–H groups in total. The molecule has 0 aliphatic heterocycles. The minimum Gasteiger partial charge on any atom is -0.489 e. The van der Waals surface area contributed by atoms with Crippen LogP contribution in [0.3, 0.4) is 0 Å². The third-order valence-electron chi connectivity index (χ3n) is 3.62. The van der Waals surface area contributed by atoms with Crippen molar-refractivity contribution in [1.29, 1.82) is 0 Å². The first-order valence-electron chi connectivity index (χ1n) is 7.81. The second-order valence-electron chi connectivity index (χ2n) is 5.48. The van der Waals surface area contributed by atoms with E-state index >= 15 is 0 Å². The fourth-order valence-corrected chi connectivity index (χ4v) is 3.09. The highest BCUT2D eigenvalue weighted by Gasteiger charge is 2.22. The Morgan fingerprint density at radius 1 is 1.21 bits per heavy atom. The van der Waals surface area contributed by atoms with Gasteiger partial charge in [0.05, 0.1) is 6.10 Å². The zero-order chi connectivity index (χ0) is 18.5. The van der Waals surface area contributed by atoms with Crippen molar-refractivity contribution in [3.05, 3.63) is 23.3 Å². The lowest BCUT2D eigenvalue weighted by atomic mass is 10.0. The Hall–Kier alpha value is -2.09. The van der Waals surface area contributed by atoms with Crippen LogP contribution in [0, 0.1) is 0 Å². The van der Waals surface area contributed by atoms with E-state index in [0.29, 0.717) is 12.0 Å². The number of hydrogen-bond donors (Lipinski definition) is 2. The van der Waals surface area contributed by atoms with Gasteiger partial charge in [-0.25, -0.2) is 8.42 Å². The van der Waals surface area contributed by atoms with E-state index in [1.54, 1.807) is 6.07 Å². The largest absolute Gasteiger partial charge is 0.489 e. The number of carbonyl (C=O) groups is 1. The van der Waals surface area contributed by atoms with Crippen molar-refractivity contribution in [2.75, 3.05) is 6.26 Å². The molecule has 0 aliphatic carbocycles. The molecule has 0 bridgehead atoms. The van der Waals surface area contributed by atoms with E-state index in [1.807, 2.05) is 20.8 Å². The molecule has 1 rings (SSSR count). The summed E-state index contributed by atoms with van der Waals surface area (Å²) in [6.45, 7) is 5.78. The van der Waals surface area contributed by atoms with E-state index in [0.717, 1.165) is 19.1 Å². The Balaban J connectivity index is 3.57. The normalized spacial score (nSPS) is 11.4. The zero-order valence-electron chi connectivity index (χ0n) is 14.5. The Kier molecular flexibility index (Phi) is 6.77. The molecule has 24 heavy (non-hydrogen) atoms. The second-order valence-corrected chi connectivity index (χ2v) is 7.46. The van der Waals surface area contributed by atoms with Crippen molar-refractivity contribution in [2.45, 2.75) is 51.0 Å². The molecule has 1 aromatic carbocycles. The Bertz CT molecular complexity index is 734. The molecule has 0 atom stereocenters. The summed E-state index contributed by atoms with van der Waals surface area (Å²) < 4.78 is 30.1. The average Bonchev–Trinajstić information content (AvgIpc) is 2.49. The summed E-state index contributed by atoms with van der Waals surface area (Å²) >= 11 is 0. The van der Waals surface area contributed by atoms with Crippen molar-refractivity contribution >= 4 is 21.7 Å². The topological polar surface area (TPSA) is 125 Å². The van der Waals surface area contributed by atoms with Gasteiger partial charge in [-0.2, -0.15) is 4.99 Å². The maximum atomic E-state index is 12.2. The SMILES string of the molecule is CCc1cc(OC(CC)CC)c(S(C)(=O)=O)cc1C(=O)N=C(N)N. The predicted molar refractivity (Wildman–Crippen MR) is 94.1 cm³/mol. The monoisotopic (exact) mass is 355 g/mol. The lowest BCUT2D eigenvalue weighted by molar-refractivity contribution is 0.100. The number of rotatable bonds is 7. The molecule has 0 saturated carbocycles. The van der Waals surface area contributed by atoms with Gasteiger partial charge in [-0.3, -0.25) is 4.79 Å². The number of carbonyl (C=O) groups excluding carboxylic acids is 1. The molecule has 0 heterocycles. The summed E-state index contributed by atoms with van der Waals surface area (Å²) in [6.07, 6.45) is 2.97. The van der Waals surface area contributed by atoms with Gasteiger partial charge in [0.2, 0.25) is 0 Å². The quantitative estimate of drug-likeness (QED) is 0.566. The number of nitrogens with zero attached hydrogens (tertiary/aromatic N) is 1. The van der Waals surface area contributed by atoms with E-state index in [-0.39, 0.29) is 28.3 Å². The highest BCUT2D eigenvalue weighted by molar-refractivity contribution is 7.90. The molecule has 0 aliphatic rings. The minimum atomic E-state index is -3.59. The van der Waals surface area contributed by atoms with E-state index in [2.05, 4.69) is 4.99 Å². The van der Waals surface area contributed by atoms with Crippen molar-refractivity contribution in [2.24, 2.45) is 16.5 Å². The van der Waals surface area contributed by atoms with Gasteiger partial charge in [0.1, 0.15) is 10.6 Å². The molecule has 0 unspecified atom stereocenters. The minimum absolute atomic E-state index is 0.0410. The first-order valence-corrected chi connectivity index (χ1v) is 9.70. The number of benzene rings is 1. The van der Waals surface area contributed by atoms with Crippen LogP contribution in [0.25, 0.3) is 0 Å². The van der Waals surface area contributed by atoms with Crippen LogP contribution in [0.1, 0.15) is 49.5 Å². The molecule has 134 valence electrons. The number of aryl methyl sites for hydroxylation is 1. The number of guanidine groups is 1. The molecule has 0 aromatic heterocycles. The fourth-order valence-electron chi connectivity index (χ4n) is 2.29. The number of aliphatic imine (C=N–C) groups is 1. The Morgan fingerprint density at radius 3 is 2.21 bits per heavy atom. The number of amides is 1. The van der Waals surface area contributed by atoms with Crippen LogP contribution in [0.2, 0.25) is 0 Å². The first-order chi connectivity index (χ1) is 11.1. The maximum absolute atomic E-state index is 12.2. The number of sulfone groups is 1. The van der Waals surface area contributed by atoms with Gasteiger partial charge in [0.25, 0.3) is 5.91 Å². The van der Waals surface area contributed by atoms with E-state index in [1.165, 1.54) is 6.07 Å². The third kappa shape index (κ3) is 4.95. The summed E-state index contributed by atoms with van der Waals surface area (Å²) in [5.74, 6) is -0.796. The van der Waals surface area contributed by atoms with Crippen LogP contribution in [0.5, 0.6) is 5.75 Å². The lowest BCUT2D eigenvalue weighted by Crippen LogP contribution is -2.24. The molecule has 8 heteroatoms. The van der Waals surface area contributed by atoms with E-state index < -0.39 is 15.7 Å². The van der Waals surface area contributed by atoms with Crippen LogP contribution < -0.4 is 16.2 Å². The van der Waals surface area contributed by atoms with Crippen molar-refractivity contribution in [3.63, 3.8) is 0 Å². The van der Waals surface area contributed by atoms with Crippen LogP contribution in [0.15, 0.2) is 22.0 Å². The first kappa shape index (κ1) is 20.0. The Labute approximate surface area is 143 Å². The van der Waals surface area contributed by atoms with Crippen molar-refractivity contribution in [3.8, 4) is 5.75 Å². The molecule has 0 radical (unpaired) electrons. The lowest BCUT2D eigenvalue weighted by Gasteiger charge is -2.19. The van der Waals surface area contributed by atoms with Crippen molar-refractivity contribution < 1.29 is 17.9 Å². The van der Waals surface area contributed by atoms with Crippen LogP contribution in [0.4, 0.5) is 0 Å². The van der Waals surface area contributed by atoms with Crippen LogP contribution in [-0.4, -0.2) is 32.6 Å². The van der Waals surface area contributed by atoms with E-state index in [4.69, 9.17) is 16.2 Å².